The summed E-state index contributed by atoms with van der Waals surface area (Å²) in [5.41, 5.74) is 3.30. The lowest BCUT2D eigenvalue weighted by Gasteiger charge is -2.01. The minimum absolute atomic E-state index is 0.127. The van der Waals surface area contributed by atoms with Gasteiger partial charge in [-0.25, -0.2) is 4.98 Å². The van der Waals surface area contributed by atoms with E-state index in [0.29, 0.717) is 5.82 Å². The molecule has 0 fully saturated rings. The normalized spacial score (nSPS) is 11.3. The van der Waals surface area contributed by atoms with Gasteiger partial charge in [0.1, 0.15) is 5.75 Å². The zero-order valence-corrected chi connectivity index (χ0v) is 14.3. The maximum atomic E-state index is 10.6. The summed E-state index contributed by atoms with van der Waals surface area (Å²) in [5.74, 6) is 0.987. The lowest BCUT2D eigenvalue weighted by atomic mass is 10.1. The molecule has 0 aliphatic rings. The molecule has 5 heteroatoms. The van der Waals surface area contributed by atoms with Gasteiger partial charge in [-0.2, -0.15) is 9.78 Å². The van der Waals surface area contributed by atoms with Crippen molar-refractivity contribution < 1.29 is 10.2 Å². The van der Waals surface area contributed by atoms with Crippen LogP contribution in [0.1, 0.15) is 35.7 Å². The summed E-state index contributed by atoms with van der Waals surface area (Å²) in [7, 11) is 0. The van der Waals surface area contributed by atoms with E-state index in [0.717, 1.165) is 35.2 Å². The first kappa shape index (κ1) is 16.8. The van der Waals surface area contributed by atoms with Crippen molar-refractivity contribution in [1.82, 2.24) is 14.8 Å². The second-order valence-corrected chi connectivity index (χ2v) is 5.92. The fraction of sp³-hybridized carbons (Fsp3) is 0.200. The van der Waals surface area contributed by atoms with Crippen LogP contribution in [0.15, 0.2) is 42.6 Å². The Kier molecular flexibility index (Phi) is 4.84. The number of nitrogens with zero attached hydrogens (tertiary/aromatic N) is 3. The highest BCUT2D eigenvalue weighted by Gasteiger charge is 2.16. The topological polar surface area (TPSA) is 71.2 Å². The van der Waals surface area contributed by atoms with Crippen molar-refractivity contribution in [2.45, 2.75) is 26.7 Å². The lowest BCUT2D eigenvalue weighted by Crippen LogP contribution is -1.98. The lowest BCUT2D eigenvalue weighted by molar-refractivity contribution is 0.426. The van der Waals surface area contributed by atoms with Crippen LogP contribution in [0.2, 0.25) is 0 Å². The average molecular weight is 335 g/mol. The summed E-state index contributed by atoms with van der Waals surface area (Å²) in [6.45, 7) is 3.92. The van der Waals surface area contributed by atoms with Crippen molar-refractivity contribution in [2.75, 3.05) is 0 Å². The molecule has 2 aromatic heterocycles. The summed E-state index contributed by atoms with van der Waals surface area (Å²) >= 11 is 0. The number of rotatable bonds is 5. The molecule has 1 aromatic carbocycles. The predicted molar refractivity (Wildman–Crippen MR) is 98.8 cm³/mol. The highest BCUT2D eigenvalue weighted by molar-refractivity contribution is 5.71. The Balaban J connectivity index is 2.00. The van der Waals surface area contributed by atoms with Crippen LogP contribution in [0.4, 0.5) is 0 Å². The van der Waals surface area contributed by atoms with E-state index in [-0.39, 0.29) is 11.6 Å². The summed E-state index contributed by atoms with van der Waals surface area (Å²) < 4.78 is 1.47. The molecule has 128 valence electrons. The summed E-state index contributed by atoms with van der Waals surface area (Å²) in [4.78, 5) is 4.25. The molecule has 0 aliphatic heterocycles. The molecule has 0 atom stereocenters. The van der Waals surface area contributed by atoms with Crippen molar-refractivity contribution in [2.24, 2.45) is 0 Å². The molecular formula is C20H21N3O2. The van der Waals surface area contributed by atoms with Gasteiger partial charge < -0.3 is 10.2 Å². The zero-order valence-electron chi connectivity index (χ0n) is 14.3. The number of aryl methyl sites for hydroxylation is 1. The zero-order chi connectivity index (χ0) is 17.8. The van der Waals surface area contributed by atoms with Crippen LogP contribution in [0.3, 0.4) is 0 Å². The van der Waals surface area contributed by atoms with Crippen LogP contribution in [0, 0.1) is 6.92 Å². The van der Waals surface area contributed by atoms with Gasteiger partial charge in [-0.15, -0.1) is 0 Å². The third-order valence-electron chi connectivity index (χ3n) is 4.01. The highest BCUT2D eigenvalue weighted by atomic mass is 16.3. The maximum Gasteiger partial charge on any atom is 0.219 e. The maximum absolute atomic E-state index is 10.6. The Labute approximate surface area is 146 Å². The molecule has 0 bridgehead atoms. The molecule has 0 radical (unpaired) electrons. The van der Waals surface area contributed by atoms with Crippen molar-refractivity contribution in [3.63, 3.8) is 0 Å². The molecule has 2 heterocycles. The molecule has 0 amide bonds. The van der Waals surface area contributed by atoms with Gasteiger partial charge in [0.05, 0.1) is 5.69 Å². The van der Waals surface area contributed by atoms with Crippen LogP contribution in [-0.4, -0.2) is 25.0 Å². The summed E-state index contributed by atoms with van der Waals surface area (Å²) in [6, 6.07) is 10.9. The second-order valence-electron chi connectivity index (χ2n) is 5.92. The van der Waals surface area contributed by atoms with Gasteiger partial charge in [0.25, 0.3) is 0 Å². The molecule has 25 heavy (non-hydrogen) atoms. The van der Waals surface area contributed by atoms with Gasteiger partial charge in [0.15, 0.2) is 5.82 Å². The Morgan fingerprint density at radius 1 is 1.12 bits per heavy atom. The number of pyridine rings is 1. The van der Waals surface area contributed by atoms with Crippen LogP contribution in [0.5, 0.6) is 11.6 Å². The SMILES string of the molecule is CCCc1c(/C=C/c2ccc(O)c(C)c2)nn(-c2ccccn2)c1O. The minimum atomic E-state index is 0.127. The fourth-order valence-corrected chi connectivity index (χ4v) is 2.68. The molecule has 0 spiro atoms. The van der Waals surface area contributed by atoms with Gasteiger partial charge >= 0.3 is 0 Å². The number of phenols is 1. The van der Waals surface area contributed by atoms with Crippen LogP contribution < -0.4 is 0 Å². The van der Waals surface area contributed by atoms with E-state index in [1.807, 2.05) is 43.3 Å². The first-order valence-electron chi connectivity index (χ1n) is 8.30. The van der Waals surface area contributed by atoms with Crippen LogP contribution in [-0.2, 0) is 6.42 Å². The van der Waals surface area contributed by atoms with Gasteiger partial charge in [-0.1, -0.05) is 31.6 Å². The quantitative estimate of drug-likeness (QED) is 0.736. The molecule has 0 saturated carbocycles. The van der Waals surface area contributed by atoms with Gasteiger partial charge in [-0.05, 0) is 54.8 Å². The number of phenolic OH excluding ortho intramolecular Hbond substituents is 1. The number of aromatic nitrogens is 3. The van der Waals surface area contributed by atoms with E-state index in [4.69, 9.17) is 0 Å². The number of aromatic hydroxyl groups is 2. The second kappa shape index (κ2) is 7.21. The van der Waals surface area contributed by atoms with Crippen LogP contribution in [0.25, 0.3) is 18.0 Å². The predicted octanol–water partition coefficient (Wildman–Crippen LogP) is 4.11. The molecule has 2 N–H and O–H groups in total. The first-order chi connectivity index (χ1) is 12.1. The highest BCUT2D eigenvalue weighted by Crippen LogP contribution is 2.27. The van der Waals surface area contributed by atoms with Gasteiger partial charge in [0.2, 0.25) is 5.88 Å². The molecule has 3 aromatic rings. The first-order valence-corrected chi connectivity index (χ1v) is 8.30. The summed E-state index contributed by atoms with van der Waals surface area (Å²) in [5, 5.41) is 24.7. The Hall–Kier alpha value is -3.08. The standard InChI is InChI=1S/C20H21N3O2/c1-3-6-16-17(10-8-15-9-11-18(24)14(2)13-15)22-23(20(16)25)19-7-4-5-12-21-19/h4-5,7-13,24-25H,3,6H2,1-2H3/b10-8+. The van der Waals surface area contributed by atoms with Crippen molar-refractivity contribution in [1.29, 1.82) is 0 Å². The van der Waals surface area contributed by atoms with E-state index < -0.39 is 0 Å². The largest absolute Gasteiger partial charge is 0.508 e. The minimum Gasteiger partial charge on any atom is -0.508 e. The Morgan fingerprint density at radius 3 is 2.64 bits per heavy atom. The number of hydrogen-bond acceptors (Lipinski definition) is 4. The van der Waals surface area contributed by atoms with Gasteiger partial charge in [0, 0.05) is 11.8 Å². The summed E-state index contributed by atoms with van der Waals surface area (Å²) in [6.07, 6.45) is 7.12. The third kappa shape index (κ3) is 3.55. The van der Waals surface area contributed by atoms with E-state index >= 15 is 0 Å². The van der Waals surface area contributed by atoms with Gasteiger partial charge in [-0.3, -0.25) is 0 Å². The molecule has 0 aliphatic carbocycles. The van der Waals surface area contributed by atoms with Crippen molar-refractivity contribution >= 4 is 12.2 Å². The number of hydrogen-bond donors (Lipinski definition) is 2. The molecule has 3 rings (SSSR count). The Bertz CT molecular complexity index is 899. The van der Waals surface area contributed by atoms with Crippen LogP contribution >= 0.6 is 0 Å². The van der Waals surface area contributed by atoms with E-state index in [1.165, 1.54) is 4.68 Å². The van der Waals surface area contributed by atoms with Crippen molar-refractivity contribution in [3.8, 4) is 17.4 Å². The average Bonchev–Trinajstić information content (AvgIpc) is 2.93. The fourth-order valence-electron chi connectivity index (χ4n) is 2.68. The Morgan fingerprint density at radius 2 is 1.96 bits per heavy atom. The third-order valence-corrected chi connectivity index (χ3v) is 4.01. The molecule has 0 saturated heterocycles. The smallest absolute Gasteiger partial charge is 0.219 e. The van der Waals surface area contributed by atoms with E-state index in [1.54, 1.807) is 18.3 Å². The van der Waals surface area contributed by atoms with Crippen molar-refractivity contribution in [3.05, 3.63) is 65.0 Å². The van der Waals surface area contributed by atoms with E-state index in [2.05, 4.69) is 17.0 Å². The molecule has 5 nitrogen and oxygen atoms in total. The molecule has 0 unspecified atom stereocenters. The molecular weight excluding hydrogens is 314 g/mol. The number of benzene rings is 1. The van der Waals surface area contributed by atoms with E-state index in [9.17, 15) is 10.2 Å². The monoisotopic (exact) mass is 335 g/mol.